The lowest BCUT2D eigenvalue weighted by Crippen LogP contribution is -2.34. The summed E-state index contributed by atoms with van der Waals surface area (Å²) in [4.78, 5) is 0. The molecule has 0 heterocycles. The molecule has 0 amide bonds. The highest BCUT2D eigenvalue weighted by atomic mass is 15.0. The Morgan fingerprint density at radius 3 is 1.73 bits per heavy atom. The van der Waals surface area contributed by atoms with Crippen molar-refractivity contribution in [3.63, 3.8) is 0 Å². The molecule has 1 N–H and O–H groups in total. The van der Waals surface area contributed by atoms with Crippen molar-refractivity contribution in [1.82, 2.24) is 5.32 Å². The van der Waals surface area contributed by atoms with Gasteiger partial charge in [-0.1, -0.05) is 0 Å². The lowest BCUT2D eigenvalue weighted by molar-refractivity contribution is 0.414. The van der Waals surface area contributed by atoms with E-state index in [0.717, 1.165) is 23.9 Å². The third kappa shape index (κ3) is 1.44. The van der Waals surface area contributed by atoms with Crippen molar-refractivity contribution in [1.29, 1.82) is 0 Å². The SMILES string of the molecule is C1CC1NC(C1CC1)C1CC1. The number of nitrogens with one attached hydrogen (secondary N) is 1. The highest BCUT2D eigenvalue weighted by molar-refractivity contribution is 4.99. The van der Waals surface area contributed by atoms with E-state index in [4.69, 9.17) is 0 Å². The monoisotopic (exact) mass is 151 g/mol. The Labute approximate surface area is 68.6 Å². The Kier molecular flexibility index (Phi) is 1.31. The van der Waals surface area contributed by atoms with Gasteiger partial charge < -0.3 is 5.32 Å². The standard InChI is InChI=1S/C10H17N/c1-2-7(1)10(8-3-4-8)11-9-5-6-9/h7-11H,1-6H2. The van der Waals surface area contributed by atoms with E-state index in [1.54, 1.807) is 0 Å². The van der Waals surface area contributed by atoms with Gasteiger partial charge in [-0.3, -0.25) is 0 Å². The zero-order chi connectivity index (χ0) is 7.26. The van der Waals surface area contributed by atoms with Gasteiger partial charge in [-0.25, -0.2) is 0 Å². The summed E-state index contributed by atoms with van der Waals surface area (Å²) in [5.74, 6) is 2.17. The molecule has 0 aromatic rings. The smallest absolute Gasteiger partial charge is 0.0126 e. The molecule has 3 rings (SSSR count). The van der Waals surface area contributed by atoms with E-state index in [0.29, 0.717) is 0 Å². The molecule has 0 aromatic carbocycles. The maximum atomic E-state index is 3.81. The molecule has 0 unspecified atom stereocenters. The molecule has 0 aromatic heterocycles. The van der Waals surface area contributed by atoms with Gasteiger partial charge in [0.05, 0.1) is 0 Å². The molecule has 0 aliphatic heterocycles. The van der Waals surface area contributed by atoms with Crippen LogP contribution in [0.25, 0.3) is 0 Å². The molecule has 0 atom stereocenters. The van der Waals surface area contributed by atoms with Gasteiger partial charge in [0.2, 0.25) is 0 Å². The van der Waals surface area contributed by atoms with Crippen LogP contribution in [0.2, 0.25) is 0 Å². The molecule has 0 saturated heterocycles. The highest BCUT2D eigenvalue weighted by Gasteiger charge is 2.43. The second-order valence-electron chi connectivity index (χ2n) is 4.64. The van der Waals surface area contributed by atoms with Crippen LogP contribution in [0, 0.1) is 11.8 Å². The molecule has 1 heteroatoms. The fourth-order valence-electron chi connectivity index (χ4n) is 2.09. The van der Waals surface area contributed by atoms with Crippen LogP contribution < -0.4 is 5.32 Å². The molecule has 3 saturated carbocycles. The topological polar surface area (TPSA) is 12.0 Å². The van der Waals surface area contributed by atoms with E-state index in [1.165, 1.54) is 38.5 Å². The van der Waals surface area contributed by atoms with Crippen molar-refractivity contribution in [2.45, 2.75) is 50.6 Å². The third-order valence-corrected chi connectivity index (χ3v) is 3.27. The van der Waals surface area contributed by atoms with Crippen LogP contribution in [0.5, 0.6) is 0 Å². The Balaban J connectivity index is 1.57. The van der Waals surface area contributed by atoms with Gasteiger partial charge in [0.1, 0.15) is 0 Å². The summed E-state index contributed by atoms with van der Waals surface area (Å²) in [5.41, 5.74) is 0. The fraction of sp³-hybridized carbons (Fsp3) is 1.00. The summed E-state index contributed by atoms with van der Waals surface area (Å²) >= 11 is 0. The van der Waals surface area contributed by atoms with Gasteiger partial charge in [-0.05, 0) is 50.4 Å². The van der Waals surface area contributed by atoms with Crippen molar-refractivity contribution in [3.8, 4) is 0 Å². The van der Waals surface area contributed by atoms with E-state index in [9.17, 15) is 0 Å². The lowest BCUT2D eigenvalue weighted by Gasteiger charge is -2.16. The molecule has 0 radical (unpaired) electrons. The van der Waals surface area contributed by atoms with Crippen LogP contribution in [0.4, 0.5) is 0 Å². The molecule has 11 heavy (non-hydrogen) atoms. The van der Waals surface area contributed by atoms with E-state index in [2.05, 4.69) is 5.32 Å². The summed E-state index contributed by atoms with van der Waals surface area (Å²) in [7, 11) is 0. The van der Waals surface area contributed by atoms with Crippen molar-refractivity contribution < 1.29 is 0 Å². The van der Waals surface area contributed by atoms with Crippen LogP contribution in [0.3, 0.4) is 0 Å². The molecular formula is C10H17N. The summed E-state index contributed by atoms with van der Waals surface area (Å²) in [6.45, 7) is 0. The van der Waals surface area contributed by atoms with Crippen LogP contribution in [0.1, 0.15) is 38.5 Å². The van der Waals surface area contributed by atoms with Gasteiger partial charge in [0, 0.05) is 12.1 Å². The van der Waals surface area contributed by atoms with Crippen LogP contribution in [-0.2, 0) is 0 Å². The second kappa shape index (κ2) is 2.22. The van der Waals surface area contributed by atoms with Gasteiger partial charge in [0.25, 0.3) is 0 Å². The van der Waals surface area contributed by atoms with E-state index >= 15 is 0 Å². The summed E-state index contributed by atoms with van der Waals surface area (Å²) in [6.07, 6.45) is 8.97. The molecule has 1 nitrogen and oxygen atoms in total. The Morgan fingerprint density at radius 2 is 1.36 bits per heavy atom. The van der Waals surface area contributed by atoms with Crippen LogP contribution in [0.15, 0.2) is 0 Å². The van der Waals surface area contributed by atoms with Gasteiger partial charge in [-0.15, -0.1) is 0 Å². The van der Waals surface area contributed by atoms with E-state index < -0.39 is 0 Å². The Hall–Kier alpha value is -0.0400. The molecule has 3 fully saturated rings. The van der Waals surface area contributed by atoms with Gasteiger partial charge >= 0.3 is 0 Å². The molecule has 0 spiro atoms. The minimum Gasteiger partial charge on any atom is -0.311 e. The minimum atomic E-state index is 0.932. The first kappa shape index (κ1) is 6.47. The maximum Gasteiger partial charge on any atom is 0.0126 e. The first-order valence-electron chi connectivity index (χ1n) is 5.19. The Bertz CT molecular complexity index is 142. The fourth-order valence-corrected chi connectivity index (χ4v) is 2.09. The molecule has 62 valence electrons. The lowest BCUT2D eigenvalue weighted by atomic mass is 10.1. The first-order valence-corrected chi connectivity index (χ1v) is 5.19. The maximum absolute atomic E-state index is 3.81. The molecular weight excluding hydrogens is 134 g/mol. The van der Waals surface area contributed by atoms with Crippen molar-refractivity contribution in [3.05, 3.63) is 0 Å². The largest absolute Gasteiger partial charge is 0.311 e. The van der Waals surface area contributed by atoms with Crippen molar-refractivity contribution in [2.75, 3.05) is 0 Å². The van der Waals surface area contributed by atoms with Crippen molar-refractivity contribution in [2.24, 2.45) is 11.8 Å². The predicted molar refractivity (Wildman–Crippen MR) is 45.4 cm³/mol. The average molecular weight is 151 g/mol. The van der Waals surface area contributed by atoms with Crippen molar-refractivity contribution >= 4 is 0 Å². The zero-order valence-corrected chi connectivity index (χ0v) is 7.05. The average Bonchev–Trinajstić information content (AvgIpc) is 2.77. The second-order valence-corrected chi connectivity index (χ2v) is 4.64. The summed E-state index contributed by atoms with van der Waals surface area (Å²) in [6, 6.07) is 1.88. The van der Waals surface area contributed by atoms with Gasteiger partial charge in [0.15, 0.2) is 0 Å². The molecule has 0 bridgehead atoms. The summed E-state index contributed by atoms with van der Waals surface area (Å²) < 4.78 is 0. The van der Waals surface area contributed by atoms with Gasteiger partial charge in [-0.2, -0.15) is 0 Å². The quantitative estimate of drug-likeness (QED) is 0.647. The van der Waals surface area contributed by atoms with E-state index in [1.807, 2.05) is 0 Å². The highest BCUT2D eigenvalue weighted by Crippen LogP contribution is 2.45. The van der Waals surface area contributed by atoms with Crippen LogP contribution in [-0.4, -0.2) is 12.1 Å². The molecule has 3 aliphatic rings. The predicted octanol–water partition coefficient (Wildman–Crippen LogP) is 1.93. The normalized spacial score (nSPS) is 31.4. The minimum absolute atomic E-state index is 0.932. The number of rotatable bonds is 4. The van der Waals surface area contributed by atoms with E-state index in [-0.39, 0.29) is 0 Å². The number of hydrogen-bond acceptors (Lipinski definition) is 1. The van der Waals surface area contributed by atoms with Crippen LogP contribution >= 0.6 is 0 Å². The third-order valence-electron chi connectivity index (χ3n) is 3.27. The molecule has 3 aliphatic carbocycles. The Morgan fingerprint density at radius 1 is 0.818 bits per heavy atom. The number of hydrogen-bond donors (Lipinski definition) is 1. The summed E-state index contributed by atoms with van der Waals surface area (Å²) in [5, 5.41) is 3.81. The zero-order valence-electron chi connectivity index (χ0n) is 7.05. The first-order chi connectivity index (χ1) is 5.43.